The van der Waals surface area contributed by atoms with Crippen molar-refractivity contribution in [1.82, 2.24) is 10.6 Å². The first-order chi connectivity index (χ1) is 13.7. The van der Waals surface area contributed by atoms with Gasteiger partial charge in [0.1, 0.15) is 17.6 Å². The van der Waals surface area contributed by atoms with E-state index < -0.39 is 17.8 Å². The van der Waals surface area contributed by atoms with E-state index in [1.54, 1.807) is 6.07 Å². The Morgan fingerprint density at radius 2 is 1.62 bits per heavy atom. The Morgan fingerprint density at radius 1 is 0.931 bits per heavy atom. The molecule has 0 aromatic heterocycles. The van der Waals surface area contributed by atoms with Gasteiger partial charge in [0.25, 0.3) is 5.91 Å². The minimum absolute atomic E-state index is 0.0501. The third-order valence-corrected chi connectivity index (χ3v) is 4.44. The van der Waals surface area contributed by atoms with Crippen molar-refractivity contribution in [2.75, 3.05) is 0 Å². The number of hydrogen-bond donors (Lipinski definition) is 2. The minimum atomic E-state index is -0.792. The fraction of sp³-hybridized carbons (Fsp3) is 0.391. The van der Waals surface area contributed by atoms with Crippen LogP contribution in [0, 0.1) is 11.7 Å². The van der Waals surface area contributed by atoms with Gasteiger partial charge in [0, 0.05) is 0 Å². The molecule has 0 saturated carbocycles. The third-order valence-electron chi connectivity index (χ3n) is 4.44. The summed E-state index contributed by atoms with van der Waals surface area (Å²) in [5.41, 5.74) is 0.803. The van der Waals surface area contributed by atoms with E-state index in [0.717, 1.165) is 11.3 Å². The lowest BCUT2D eigenvalue weighted by molar-refractivity contribution is -0.124. The van der Waals surface area contributed by atoms with Crippen molar-refractivity contribution in [1.29, 1.82) is 0 Å². The smallest absolute Gasteiger partial charge is 0.254 e. The maximum absolute atomic E-state index is 13.9. The van der Waals surface area contributed by atoms with Crippen molar-refractivity contribution in [3.05, 3.63) is 65.5 Å². The molecule has 2 aromatic rings. The van der Waals surface area contributed by atoms with Crippen LogP contribution < -0.4 is 15.4 Å². The van der Waals surface area contributed by atoms with Crippen LogP contribution in [0.1, 0.15) is 56.6 Å². The molecule has 2 atom stereocenters. The number of nitrogens with one attached hydrogen (secondary N) is 2. The number of ether oxygens (including phenoxy) is 1. The molecule has 0 spiro atoms. The quantitative estimate of drug-likeness (QED) is 0.696. The highest BCUT2D eigenvalue weighted by atomic mass is 19.1. The van der Waals surface area contributed by atoms with Gasteiger partial charge in [-0.1, -0.05) is 38.1 Å². The van der Waals surface area contributed by atoms with Gasteiger partial charge >= 0.3 is 0 Å². The maximum Gasteiger partial charge on any atom is 0.254 e. The van der Waals surface area contributed by atoms with Gasteiger partial charge in [0.05, 0.1) is 17.7 Å². The van der Waals surface area contributed by atoms with Gasteiger partial charge in [-0.2, -0.15) is 0 Å². The molecule has 0 bridgehead atoms. The summed E-state index contributed by atoms with van der Waals surface area (Å²) < 4.78 is 19.6. The monoisotopic (exact) mass is 400 g/mol. The fourth-order valence-corrected chi connectivity index (χ4v) is 2.92. The van der Waals surface area contributed by atoms with E-state index in [0.29, 0.717) is 0 Å². The number of benzene rings is 2. The summed E-state index contributed by atoms with van der Waals surface area (Å²) in [5.74, 6) is -1.01. The zero-order chi connectivity index (χ0) is 21.6. The highest BCUT2D eigenvalue weighted by Crippen LogP contribution is 2.20. The molecular weight excluding hydrogens is 371 g/mol. The molecule has 0 saturated heterocycles. The van der Waals surface area contributed by atoms with Crippen molar-refractivity contribution in [2.24, 2.45) is 5.92 Å². The minimum Gasteiger partial charge on any atom is -0.491 e. The first-order valence-electron chi connectivity index (χ1n) is 9.81. The molecule has 0 aliphatic heterocycles. The Labute approximate surface area is 171 Å². The van der Waals surface area contributed by atoms with E-state index in [1.807, 2.05) is 58.9 Å². The lowest BCUT2D eigenvalue weighted by atomic mass is 10.0. The number of amides is 2. The van der Waals surface area contributed by atoms with E-state index in [2.05, 4.69) is 10.6 Å². The predicted molar refractivity (Wildman–Crippen MR) is 111 cm³/mol. The summed E-state index contributed by atoms with van der Waals surface area (Å²) >= 11 is 0. The molecule has 29 heavy (non-hydrogen) atoms. The summed E-state index contributed by atoms with van der Waals surface area (Å²) in [4.78, 5) is 25.3. The molecule has 2 rings (SSSR count). The van der Waals surface area contributed by atoms with Crippen LogP contribution in [0.2, 0.25) is 0 Å². The molecule has 2 aromatic carbocycles. The molecule has 2 amide bonds. The summed E-state index contributed by atoms with van der Waals surface area (Å²) in [6.45, 7) is 9.41. The van der Waals surface area contributed by atoms with Crippen molar-refractivity contribution in [3.63, 3.8) is 0 Å². The van der Waals surface area contributed by atoms with Gasteiger partial charge in [0.2, 0.25) is 5.91 Å². The predicted octanol–water partition coefficient (Wildman–Crippen LogP) is 4.24. The van der Waals surface area contributed by atoms with Crippen LogP contribution in [-0.4, -0.2) is 24.0 Å². The van der Waals surface area contributed by atoms with Crippen LogP contribution in [0.5, 0.6) is 5.75 Å². The second kappa shape index (κ2) is 10.0. The molecule has 0 radical (unpaired) electrons. The molecule has 0 aliphatic carbocycles. The van der Waals surface area contributed by atoms with Crippen LogP contribution in [0.25, 0.3) is 0 Å². The average Bonchev–Trinajstić information content (AvgIpc) is 2.65. The zero-order valence-electron chi connectivity index (χ0n) is 17.5. The molecule has 2 N–H and O–H groups in total. The second-order valence-electron chi connectivity index (χ2n) is 7.64. The third kappa shape index (κ3) is 6.31. The van der Waals surface area contributed by atoms with Crippen LogP contribution in [0.15, 0.2) is 48.5 Å². The van der Waals surface area contributed by atoms with Gasteiger partial charge in [-0.25, -0.2) is 4.39 Å². The van der Waals surface area contributed by atoms with Gasteiger partial charge in [-0.05, 0) is 56.5 Å². The van der Waals surface area contributed by atoms with Crippen molar-refractivity contribution < 1.29 is 18.7 Å². The molecule has 0 heterocycles. The number of halogens is 1. The Kier molecular flexibility index (Phi) is 7.76. The summed E-state index contributed by atoms with van der Waals surface area (Å²) in [6, 6.07) is 12.1. The van der Waals surface area contributed by atoms with Crippen LogP contribution in [0.4, 0.5) is 4.39 Å². The zero-order valence-corrected chi connectivity index (χ0v) is 17.5. The molecule has 156 valence electrons. The van der Waals surface area contributed by atoms with Crippen LogP contribution >= 0.6 is 0 Å². The number of carbonyl (C=O) groups excluding carboxylic acids is 2. The van der Waals surface area contributed by atoms with E-state index in [1.165, 1.54) is 18.2 Å². The highest BCUT2D eigenvalue weighted by molar-refractivity contribution is 5.97. The average molecular weight is 400 g/mol. The molecule has 0 fully saturated rings. The normalized spacial score (nSPS) is 13.1. The Balaban J connectivity index is 2.09. The van der Waals surface area contributed by atoms with Gasteiger partial charge in [-0.15, -0.1) is 0 Å². The highest BCUT2D eigenvalue weighted by Gasteiger charge is 2.27. The summed E-state index contributed by atoms with van der Waals surface area (Å²) in [7, 11) is 0. The van der Waals surface area contributed by atoms with Crippen molar-refractivity contribution in [3.8, 4) is 5.75 Å². The van der Waals surface area contributed by atoms with Gasteiger partial charge in [-0.3, -0.25) is 9.59 Å². The molecular formula is C23H29FN2O3. The van der Waals surface area contributed by atoms with E-state index in [9.17, 15) is 14.0 Å². The fourth-order valence-electron chi connectivity index (χ4n) is 2.92. The van der Waals surface area contributed by atoms with Crippen molar-refractivity contribution in [2.45, 2.75) is 52.8 Å². The first kappa shape index (κ1) is 22.4. The van der Waals surface area contributed by atoms with E-state index >= 15 is 0 Å². The SMILES string of the molecule is CC(C)Oc1cccc(C(C)NC(=O)C(NC(=O)c2ccccc2F)C(C)C)c1. The Hall–Kier alpha value is -2.89. The largest absolute Gasteiger partial charge is 0.491 e. The molecule has 0 aliphatic rings. The second-order valence-corrected chi connectivity index (χ2v) is 7.64. The summed E-state index contributed by atoms with van der Waals surface area (Å²) in [6.07, 6.45) is 0.0501. The standard InChI is InChI=1S/C23H29FN2O3/c1-14(2)21(26-22(27)19-11-6-7-12-20(19)24)23(28)25-16(5)17-9-8-10-18(13-17)29-15(3)4/h6-16,21H,1-5H3,(H,25,28)(H,26,27). The lowest BCUT2D eigenvalue weighted by Crippen LogP contribution is -2.50. The first-order valence-corrected chi connectivity index (χ1v) is 9.81. The Bertz CT molecular complexity index is 852. The van der Waals surface area contributed by atoms with Crippen LogP contribution in [0.3, 0.4) is 0 Å². The summed E-state index contributed by atoms with van der Waals surface area (Å²) in [5, 5.41) is 5.58. The topological polar surface area (TPSA) is 67.4 Å². The van der Waals surface area contributed by atoms with Gasteiger partial charge in [0.15, 0.2) is 0 Å². The van der Waals surface area contributed by atoms with E-state index in [4.69, 9.17) is 4.74 Å². The van der Waals surface area contributed by atoms with Crippen LogP contribution in [-0.2, 0) is 4.79 Å². The van der Waals surface area contributed by atoms with Crippen molar-refractivity contribution >= 4 is 11.8 Å². The molecule has 5 nitrogen and oxygen atoms in total. The molecule has 6 heteroatoms. The maximum atomic E-state index is 13.9. The number of carbonyl (C=O) groups is 2. The van der Waals surface area contributed by atoms with E-state index in [-0.39, 0.29) is 29.5 Å². The Morgan fingerprint density at radius 3 is 2.24 bits per heavy atom. The van der Waals surface area contributed by atoms with Gasteiger partial charge < -0.3 is 15.4 Å². The number of rotatable bonds is 8. The lowest BCUT2D eigenvalue weighted by Gasteiger charge is -2.24. The number of hydrogen-bond acceptors (Lipinski definition) is 3. The molecule has 2 unspecified atom stereocenters.